The van der Waals surface area contributed by atoms with E-state index >= 15 is 0 Å². The first-order valence-corrected chi connectivity index (χ1v) is 10.1. The standard InChI is InChI=1S/C24H31NO3/c1-5-6-20-15-18(16-23(2,3)22(26)28-4)7-8-19(20)9-12-24(27)17-25-13-10-21(24)11-14-25/h5,7-8,15,21,27H,1,6,10-11,13-14,16-17H2,2-4H3. The van der Waals surface area contributed by atoms with Crippen LogP contribution in [0.2, 0.25) is 0 Å². The van der Waals surface area contributed by atoms with Crippen LogP contribution in [0.4, 0.5) is 0 Å². The predicted octanol–water partition coefficient (Wildman–Crippen LogP) is 2.97. The Morgan fingerprint density at radius 2 is 2.14 bits per heavy atom. The van der Waals surface area contributed by atoms with Crippen molar-refractivity contribution in [2.24, 2.45) is 11.3 Å². The highest BCUT2D eigenvalue weighted by Gasteiger charge is 2.44. The van der Waals surface area contributed by atoms with Gasteiger partial charge in [0.1, 0.15) is 5.60 Å². The van der Waals surface area contributed by atoms with Crippen molar-refractivity contribution in [1.29, 1.82) is 0 Å². The van der Waals surface area contributed by atoms with Crippen LogP contribution in [0.1, 0.15) is 43.4 Å². The van der Waals surface area contributed by atoms with Gasteiger partial charge in [-0.3, -0.25) is 9.69 Å². The Morgan fingerprint density at radius 3 is 2.71 bits per heavy atom. The van der Waals surface area contributed by atoms with Crippen molar-refractivity contribution in [2.45, 2.75) is 45.1 Å². The molecular formula is C24H31NO3. The zero-order valence-electron chi connectivity index (χ0n) is 17.3. The number of methoxy groups -OCH3 is 1. The molecule has 1 aromatic rings. The molecule has 1 atom stereocenters. The average molecular weight is 382 g/mol. The van der Waals surface area contributed by atoms with Crippen LogP contribution in [0.25, 0.3) is 0 Å². The van der Waals surface area contributed by atoms with Gasteiger partial charge in [0.05, 0.1) is 12.5 Å². The number of carbonyl (C=O) groups is 1. The van der Waals surface area contributed by atoms with E-state index in [4.69, 9.17) is 4.74 Å². The second-order valence-electron chi connectivity index (χ2n) is 8.76. The Kier molecular flexibility index (Phi) is 5.98. The summed E-state index contributed by atoms with van der Waals surface area (Å²) in [6, 6.07) is 6.11. The minimum Gasteiger partial charge on any atom is -0.469 e. The van der Waals surface area contributed by atoms with Crippen molar-refractivity contribution in [1.82, 2.24) is 4.90 Å². The van der Waals surface area contributed by atoms with Gasteiger partial charge < -0.3 is 9.84 Å². The Labute approximate surface area is 168 Å². The van der Waals surface area contributed by atoms with E-state index in [2.05, 4.69) is 29.4 Å². The van der Waals surface area contributed by atoms with Gasteiger partial charge in [0.25, 0.3) is 0 Å². The number of carbonyl (C=O) groups excluding carboxylic acids is 1. The van der Waals surface area contributed by atoms with Crippen LogP contribution in [0.15, 0.2) is 30.9 Å². The number of hydrogen-bond donors (Lipinski definition) is 1. The van der Waals surface area contributed by atoms with Gasteiger partial charge in [-0.1, -0.05) is 30.0 Å². The average Bonchev–Trinajstić information content (AvgIpc) is 2.67. The lowest BCUT2D eigenvalue weighted by Gasteiger charge is -2.47. The second kappa shape index (κ2) is 8.11. The zero-order chi connectivity index (χ0) is 20.4. The fraction of sp³-hybridized carbons (Fsp3) is 0.542. The quantitative estimate of drug-likeness (QED) is 0.484. The maximum atomic E-state index is 12.0. The molecule has 3 aliphatic heterocycles. The summed E-state index contributed by atoms with van der Waals surface area (Å²) in [5.74, 6) is 6.50. The molecule has 0 saturated carbocycles. The van der Waals surface area contributed by atoms with E-state index in [9.17, 15) is 9.90 Å². The lowest BCUT2D eigenvalue weighted by molar-refractivity contribution is -0.150. The van der Waals surface area contributed by atoms with Crippen LogP contribution in [-0.4, -0.2) is 48.3 Å². The molecule has 1 aromatic carbocycles. The molecule has 0 spiro atoms. The molecular weight excluding hydrogens is 350 g/mol. The number of rotatable bonds is 5. The third kappa shape index (κ3) is 4.32. The summed E-state index contributed by atoms with van der Waals surface area (Å²) < 4.78 is 4.92. The third-order valence-electron chi connectivity index (χ3n) is 6.06. The van der Waals surface area contributed by atoms with E-state index in [0.717, 1.165) is 42.6 Å². The molecule has 1 unspecified atom stereocenters. The molecule has 3 saturated heterocycles. The number of aliphatic hydroxyl groups is 1. The highest BCUT2D eigenvalue weighted by Crippen LogP contribution is 2.35. The molecule has 0 amide bonds. The van der Waals surface area contributed by atoms with E-state index in [1.807, 2.05) is 32.1 Å². The second-order valence-corrected chi connectivity index (χ2v) is 8.76. The summed E-state index contributed by atoms with van der Waals surface area (Å²) >= 11 is 0. The highest BCUT2D eigenvalue weighted by molar-refractivity contribution is 5.76. The summed E-state index contributed by atoms with van der Waals surface area (Å²) in [5.41, 5.74) is 1.57. The fourth-order valence-corrected chi connectivity index (χ4v) is 4.42. The molecule has 0 aromatic heterocycles. The fourth-order valence-electron chi connectivity index (χ4n) is 4.42. The van der Waals surface area contributed by atoms with E-state index in [1.54, 1.807) is 0 Å². The molecule has 4 nitrogen and oxygen atoms in total. The number of fused-ring (bicyclic) bond motifs is 3. The lowest BCUT2D eigenvalue weighted by Crippen LogP contribution is -2.58. The van der Waals surface area contributed by atoms with E-state index in [0.29, 0.717) is 19.4 Å². The normalized spacial score (nSPS) is 26.3. The summed E-state index contributed by atoms with van der Waals surface area (Å²) in [6.07, 6.45) is 5.19. The Bertz CT molecular complexity index is 809. The number of hydrogen-bond acceptors (Lipinski definition) is 4. The zero-order valence-corrected chi connectivity index (χ0v) is 17.3. The lowest BCUT2D eigenvalue weighted by atomic mass is 9.75. The SMILES string of the molecule is C=CCc1cc(CC(C)(C)C(=O)OC)ccc1C#CC1(O)CN2CCC1CC2. The van der Waals surface area contributed by atoms with Gasteiger partial charge in [0.15, 0.2) is 0 Å². The smallest absolute Gasteiger partial charge is 0.311 e. The van der Waals surface area contributed by atoms with Crippen LogP contribution in [0.3, 0.4) is 0 Å². The van der Waals surface area contributed by atoms with E-state index in [-0.39, 0.29) is 11.9 Å². The van der Waals surface area contributed by atoms with Gasteiger partial charge in [0.2, 0.25) is 0 Å². The summed E-state index contributed by atoms with van der Waals surface area (Å²) in [6.45, 7) is 10.4. The molecule has 28 heavy (non-hydrogen) atoms. The van der Waals surface area contributed by atoms with E-state index < -0.39 is 11.0 Å². The molecule has 1 N–H and O–H groups in total. The van der Waals surface area contributed by atoms with Gasteiger partial charge in [-0.2, -0.15) is 0 Å². The maximum absolute atomic E-state index is 12.0. The first kappa shape index (κ1) is 20.6. The minimum absolute atomic E-state index is 0.216. The summed E-state index contributed by atoms with van der Waals surface area (Å²) in [5, 5.41) is 11.1. The van der Waals surface area contributed by atoms with Crippen LogP contribution >= 0.6 is 0 Å². The van der Waals surface area contributed by atoms with E-state index in [1.165, 1.54) is 7.11 Å². The molecule has 0 radical (unpaired) electrons. The molecule has 4 rings (SSSR count). The third-order valence-corrected chi connectivity index (χ3v) is 6.06. The first-order chi connectivity index (χ1) is 13.3. The predicted molar refractivity (Wildman–Crippen MR) is 111 cm³/mol. The van der Waals surface area contributed by atoms with Crippen LogP contribution in [0, 0.1) is 23.2 Å². The van der Waals surface area contributed by atoms with Gasteiger partial charge in [-0.25, -0.2) is 0 Å². The van der Waals surface area contributed by atoms with Crippen LogP contribution < -0.4 is 0 Å². The number of ether oxygens (including phenoxy) is 1. The summed E-state index contributed by atoms with van der Waals surface area (Å²) in [7, 11) is 1.42. The van der Waals surface area contributed by atoms with Crippen molar-refractivity contribution in [3.8, 4) is 11.8 Å². The Morgan fingerprint density at radius 1 is 1.43 bits per heavy atom. The van der Waals surface area contributed by atoms with Crippen molar-refractivity contribution in [3.63, 3.8) is 0 Å². The van der Waals surface area contributed by atoms with Crippen molar-refractivity contribution >= 4 is 5.97 Å². The van der Waals surface area contributed by atoms with Gasteiger partial charge in [-0.05, 0) is 69.8 Å². The van der Waals surface area contributed by atoms with Crippen molar-refractivity contribution in [3.05, 3.63) is 47.5 Å². The van der Waals surface area contributed by atoms with Gasteiger partial charge >= 0.3 is 5.97 Å². The molecule has 0 aliphatic carbocycles. The van der Waals surface area contributed by atoms with Crippen LogP contribution in [0.5, 0.6) is 0 Å². The number of esters is 1. The Hall–Kier alpha value is -2.09. The van der Waals surface area contributed by atoms with Crippen molar-refractivity contribution < 1.29 is 14.6 Å². The maximum Gasteiger partial charge on any atom is 0.311 e. The summed E-state index contributed by atoms with van der Waals surface area (Å²) in [4.78, 5) is 14.3. The topological polar surface area (TPSA) is 49.8 Å². The molecule has 3 aliphatic rings. The number of allylic oxidation sites excluding steroid dienone is 1. The van der Waals surface area contributed by atoms with Gasteiger partial charge in [-0.15, -0.1) is 6.58 Å². The van der Waals surface area contributed by atoms with Gasteiger partial charge in [0, 0.05) is 18.0 Å². The number of benzene rings is 1. The first-order valence-electron chi connectivity index (χ1n) is 10.1. The van der Waals surface area contributed by atoms with Crippen LogP contribution in [-0.2, 0) is 22.4 Å². The monoisotopic (exact) mass is 381 g/mol. The van der Waals surface area contributed by atoms with Crippen molar-refractivity contribution in [2.75, 3.05) is 26.7 Å². The molecule has 3 fully saturated rings. The number of nitrogens with zero attached hydrogens (tertiary/aromatic N) is 1. The molecule has 4 heteroatoms. The molecule has 3 heterocycles. The molecule has 2 bridgehead atoms. The molecule has 150 valence electrons. The largest absolute Gasteiger partial charge is 0.469 e. The minimum atomic E-state index is -0.909. The number of piperidine rings is 3. The highest BCUT2D eigenvalue weighted by atomic mass is 16.5. The Balaban J connectivity index is 1.85.